The largest absolute Gasteiger partial charge is 0.369 e. The first-order chi connectivity index (χ1) is 9.19. The fourth-order valence-electron chi connectivity index (χ4n) is 1.43. The molecule has 2 rings (SSSR count). The Hall–Kier alpha value is -0.970. The number of hydrogen-bond acceptors (Lipinski definition) is 4. The fourth-order valence-corrected chi connectivity index (χ4v) is 2.62. The van der Waals surface area contributed by atoms with Crippen molar-refractivity contribution in [3.8, 4) is 0 Å². The lowest BCUT2D eigenvalue weighted by molar-refractivity contribution is 1.07. The minimum absolute atomic E-state index is 0.570. The van der Waals surface area contributed by atoms with Crippen LogP contribution in [0.3, 0.4) is 0 Å². The van der Waals surface area contributed by atoms with Gasteiger partial charge in [0.2, 0.25) is 0 Å². The fraction of sp³-hybridized carbons (Fsp3) is 0.231. The maximum atomic E-state index is 5.97. The van der Waals surface area contributed by atoms with Crippen molar-refractivity contribution < 1.29 is 0 Å². The number of nitrogens with one attached hydrogen (secondary N) is 1. The Kier molecular flexibility index (Phi) is 5.31. The molecule has 2 aromatic rings. The average molecular weight is 314 g/mol. The van der Waals surface area contributed by atoms with Crippen molar-refractivity contribution in [2.45, 2.75) is 17.6 Å². The zero-order chi connectivity index (χ0) is 13.7. The maximum absolute atomic E-state index is 5.97. The van der Waals surface area contributed by atoms with Crippen molar-refractivity contribution in [3.05, 3.63) is 46.3 Å². The van der Waals surface area contributed by atoms with Gasteiger partial charge in [0.1, 0.15) is 5.82 Å². The summed E-state index contributed by atoms with van der Waals surface area (Å²) >= 11 is 13.5. The van der Waals surface area contributed by atoms with Gasteiger partial charge in [-0.15, -0.1) is 11.8 Å². The van der Waals surface area contributed by atoms with Crippen LogP contribution in [0, 0.1) is 0 Å². The Bertz CT molecular complexity index is 546. The van der Waals surface area contributed by atoms with Gasteiger partial charge in [-0.05, 0) is 25.1 Å². The molecule has 0 saturated carbocycles. The third kappa shape index (κ3) is 4.27. The Morgan fingerprint density at radius 1 is 1.16 bits per heavy atom. The van der Waals surface area contributed by atoms with Gasteiger partial charge >= 0.3 is 0 Å². The zero-order valence-electron chi connectivity index (χ0n) is 10.4. The van der Waals surface area contributed by atoms with Gasteiger partial charge in [0.15, 0.2) is 0 Å². The lowest BCUT2D eigenvalue weighted by atomic mass is 10.4. The maximum Gasteiger partial charge on any atom is 0.144 e. The third-order valence-corrected chi connectivity index (χ3v) is 4.11. The van der Waals surface area contributed by atoms with E-state index in [0.717, 1.165) is 28.7 Å². The van der Waals surface area contributed by atoms with Gasteiger partial charge in [0.05, 0.1) is 28.1 Å². The first kappa shape index (κ1) is 14.4. The summed E-state index contributed by atoms with van der Waals surface area (Å²) in [6.45, 7) is 2.86. The summed E-state index contributed by atoms with van der Waals surface area (Å²) in [5.74, 6) is 1.54. The highest BCUT2D eigenvalue weighted by Gasteiger charge is 2.02. The summed E-state index contributed by atoms with van der Waals surface area (Å²) in [6, 6.07) is 5.60. The topological polar surface area (TPSA) is 37.8 Å². The molecule has 1 heterocycles. The molecule has 0 aliphatic rings. The van der Waals surface area contributed by atoms with Crippen LogP contribution in [0.25, 0.3) is 0 Å². The van der Waals surface area contributed by atoms with Crippen molar-refractivity contribution in [3.63, 3.8) is 0 Å². The van der Waals surface area contributed by atoms with E-state index < -0.39 is 0 Å². The monoisotopic (exact) mass is 313 g/mol. The standard InChI is InChI=1S/C13H13Cl2N3S/c1-2-16-13-7-17-9(6-18-13)8-19-10-3-4-11(14)12(15)5-10/h3-7H,2,8H2,1H3,(H,16,18). The van der Waals surface area contributed by atoms with Gasteiger partial charge in [0, 0.05) is 17.2 Å². The summed E-state index contributed by atoms with van der Waals surface area (Å²) < 4.78 is 0. The molecule has 3 nitrogen and oxygen atoms in total. The van der Waals surface area contributed by atoms with Crippen LogP contribution in [0.15, 0.2) is 35.5 Å². The molecule has 19 heavy (non-hydrogen) atoms. The summed E-state index contributed by atoms with van der Waals surface area (Å²) in [7, 11) is 0. The number of thioether (sulfide) groups is 1. The molecule has 0 aliphatic heterocycles. The SMILES string of the molecule is CCNc1cnc(CSc2ccc(Cl)c(Cl)c2)cn1. The second kappa shape index (κ2) is 6.98. The molecule has 6 heteroatoms. The van der Waals surface area contributed by atoms with E-state index in [1.165, 1.54) is 0 Å². The predicted octanol–water partition coefficient (Wildman–Crippen LogP) is 4.51. The van der Waals surface area contributed by atoms with Gasteiger partial charge in [-0.3, -0.25) is 4.98 Å². The average Bonchev–Trinajstić information content (AvgIpc) is 2.42. The van der Waals surface area contributed by atoms with Crippen LogP contribution in [-0.4, -0.2) is 16.5 Å². The molecule has 0 atom stereocenters. The Balaban J connectivity index is 1.96. The van der Waals surface area contributed by atoms with Crippen LogP contribution >= 0.6 is 35.0 Å². The molecular weight excluding hydrogens is 301 g/mol. The first-order valence-corrected chi connectivity index (χ1v) is 7.56. The van der Waals surface area contributed by atoms with E-state index in [1.54, 1.807) is 30.2 Å². The van der Waals surface area contributed by atoms with Gasteiger partial charge in [0.25, 0.3) is 0 Å². The number of hydrogen-bond donors (Lipinski definition) is 1. The summed E-state index contributed by atoms with van der Waals surface area (Å²) in [6.07, 6.45) is 3.52. The third-order valence-electron chi connectivity index (χ3n) is 2.34. The molecule has 0 bridgehead atoms. The lowest BCUT2D eigenvalue weighted by Crippen LogP contribution is -2.00. The van der Waals surface area contributed by atoms with E-state index in [1.807, 2.05) is 19.1 Å². The number of anilines is 1. The van der Waals surface area contributed by atoms with Crippen LogP contribution in [0.4, 0.5) is 5.82 Å². The van der Waals surface area contributed by atoms with E-state index in [2.05, 4.69) is 15.3 Å². The van der Waals surface area contributed by atoms with E-state index in [4.69, 9.17) is 23.2 Å². The minimum Gasteiger partial charge on any atom is -0.369 e. The summed E-state index contributed by atoms with van der Waals surface area (Å²) in [5, 5.41) is 4.25. The summed E-state index contributed by atoms with van der Waals surface area (Å²) in [5.41, 5.74) is 0.928. The molecule has 0 radical (unpaired) electrons. The van der Waals surface area contributed by atoms with Crippen molar-refractivity contribution in [2.24, 2.45) is 0 Å². The Labute approximate surface area is 126 Å². The molecule has 1 aromatic carbocycles. The highest BCUT2D eigenvalue weighted by Crippen LogP contribution is 2.29. The van der Waals surface area contributed by atoms with Gasteiger partial charge in [-0.25, -0.2) is 4.98 Å². The minimum atomic E-state index is 0.570. The van der Waals surface area contributed by atoms with Crippen molar-refractivity contribution in [1.29, 1.82) is 0 Å². The normalized spacial score (nSPS) is 10.5. The van der Waals surface area contributed by atoms with Crippen LogP contribution in [0.1, 0.15) is 12.6 Å². The van der Waals surface area contributed by atoms with E-state index in [0.29, 0.717) is 10.0 Å². The Morgan fingerprint density at radius 3 is 2.63 bits per heavy atom. The molecule has 1 aromatic heterocycles. The second-order valence-electron chi connectivity index (χ2n) is 3.79. The smallest absolute Gasteiger partial charge is 0.144 e. The molecule has 0 fully saturated rings. The van der Waals surface area contributed by atoms with Crippen molar-refractivity contribution >= 4 is 40.8 Å². The number of rotatable bonds is 5. The molecular formula is C13H13Cl2N3S. The van der Waals surface area contributed by atoms with E-state index in [-0.39, 0.29) is 0 Å². The highest BCUT2D eigenvalue weighted by atomic mass is 35.5. The van der Waals surface area contributed by atoms with Crippen molar-refractivity contribution in [2.75, 3.05) is 11.9 Å². The molecule has 0 amide bonds. The molecule has 1 N–H and O–H groups in total. The second-order valence-corrected chi connectivity index (χ2v) is 5.65. The lowest BCUT2D eigenvalue weighted by Gasteiger charge is -2.04. The zero-order valence-corrected chi connectivity index (χ0v) is 12.7. The number of halogens is 2. The number of nitrogens with zero attached hydrogens (tertiary/aromatic N) is 2. The highest BCUT2D eigenvalue weighted by molar-refractivity contribution is 7.98. The van der Waals surface area contributed by atoms with Crippen molar-refractivity contribution in [1.82, 2.24) is 9.97 Å². The molecule has 0 saturated heterocycles. The van der Waals surface area contributed by atoms with Gasteiger partial charge in [-0.1, -0.05) is 23.2 Å². The quantitative estimate of drug-likeness (QED) is 0.824. The first-order valence-electron chi connectivity index (χ1n) is 5.81. The number of aromatic nitrogens is 2. The summed E-state index contributed by atoms with van der Waals surface area (Å²) in [4.78, 5) is 9.69. The van der Waals surface area contributed by atoms with Crippen LogP contribution in [0.5, 0.6) is 0 Å². The van der Waals surface area contributed by atoms with Crippen LogP contribution in [-0.2, 0) is 5.75 Å². The van der Waals surface area contributed by atoms with Crippen LogP contribution < -0.4 is 5.32 Å². The predicted molar refractivity (Wildman–Crippen MR) is 82.2 cm³/mol. The van der Waals surface area contributed by atoms with Crippen LogP contribution in [0.2, 0.25) is 10.0 Å². The number of benzene rings is 1. The van der Waals surface area contributed by atoms with E-state index >= 15 is 0 Å². The molecule has 100 valence electrons. The molecule has 0 unspecified atom stereocenters. The van der Waals surface area contributed by atoms with Gasteiger partial charge < -0.3 is 5.32 Å². The Morgan fingerprint density at radius 2 is 2.00 bits per heavy atom. The van der Waals surface area contributed by atoms with Gasteiger partial charge in [-0.2, -0.15) is 0 Å². The molecule has 0 aliphatic carbocycles. The molecule has 0 spiro atoms. The van der Waals surface area contributed by atoms with E-state index in [9.17, 15) is 0 Å².